The topological polar surface area (TPSA) is 95.5 Å². The highest BCUT2D eigenvalue weighted by Gasteiger charge is 2.36. The Bertz CT molecular complexity index is 1270. The molecule has 192 valence electrons. The molecule has 8 nitrogen and oxygen atoms in total. The molecule has 2 aromatic carbocycles. The highest BCUT2D eigenvalue weighted by molar-refractivity contribution is 5.65. The maximum Gasteiger partial charge on any atom is 0.138 e. The second kappa shape index (κ2) is 11.2. The van der Waals surface area contributed by atoms with Crippen LogP contribution >= 0.6 is 0 Å². The van der Waals surface area contributed by atoms with E-state index in [2.05, 4.69) is 51.2 Å². The Morgan fingerprint density at radius 1 is 1.08 bits per heavy atom. The number of imidazole rings is 1. The van der Waals surface area contributed by atoms with E-state index in [1.807, 2.05) is 36.4 Å². The molecule has 0 amide bonds. The Hall–Kier alpha value is -3.67. The van der Waals surface area contributed by atoms with Gasteiger partial charge in [-0.1, -0.05) is 41.3 Å². The Morgan fingerprint density at radius 3 is 2.41 bits per heavy atom. The van der Waals surface area contributed by atoms with E-state index in [1.54, 1.807) is 23.9 Å². The normalized spacial score (nSPS) is 22.2. The van der Waals surface area contributed by atoms with Gasteiger partial charge >= 0.3 is 0 Å². The second-order valence-electron chi connectivity index (χ2n) is 9.92. The summed E-state index contributed by atoms with van der Waals surface area (Å²) < 4.78 is 7.74. The van der Waals surface area contributed by atoms with Crippen molar-refractivity contribution >= 4 is 0 Å². The lowest BCUT2D eigenvalue weighted by Crippen LogP contribution is -2.43. The maximum absolute atomic E-state index is 9.87. The second-order valence-corrected chi connectivity index (χ2v) is 9.92. The van der Waals surface area contributed by atoms with Crippen molar-refractivity contribution in [3.63, 3.8) is 0 Å². The van der Waals surface area contributed by atoms with Crippen molar-refractivity contribution < 1.29 is 14.9 Å². The van der Waals surface area contributed by atoms with Crippen LogP contribution in [-0.2, 0) is 0 Å². The van der Waals surface area contributed by atoms with E-state index in [1.165, 1.54) is 0 Å². The quantitative estimate of drug-likeness (QED) is 0.448. The molecule has 2 aliphatic rings. The number of aliphatic hydroxyl groups excluding tert-OH is 2. The third-order valence-corrected chi connectivity index (χ3v) is 6.97. The molecule has 3 aromatic rings. The Labute approximate surface area is 217 Å². The molecule has 3 atom stereocenters. The summed E-state index contributed by atoms with van der Waals surface area (Å²) in [4.78, 5) is 4.16. The fraction of sp³-hybridized carbons (Fsp3) is 0.414. The van der Waals surface area contributed by atoms with E-state index in [9.17, 15) is 10.2 Å². The van der Waals surface area contributed by atoms with Crippen LogP contribution in [-0.4, -0.2) is 56.6 Å². The van der Waals surface area contributed by atoms with Gasteiger partial charge in [-0.05, 0) is 68.0 Å². The van der Waals surface area contributed by atoms with Gasteiger partial charge < -0.3 is 19.5 Å². The van der Waals surface area contributed by atoms with Crippen LogP contribution in [0.5, 0.6) is 5.75 Å². The number of rotatable bonds is 8. The third-order valence-electron chi connectivity index (χ3n) is 6.97. The number of aliphatic hydroxyl groups is 2. The summed E-state index contributed by atoms with van der Waals surface area (Å²) in [6.07, 6.45) is 4.82. The zero-order chi connectivity index (χ0) is 25.8. The first kappa shape index (κ1) is 25.0. The number of aromatic nitrogens is 2. The van der Waals surface area contributed by atoms with Crippen molar-refractivity contribution in [1.82, 2.24) is 14.6 Å². The number of ether oxygens (including phenoxy) is 1. The van der Waals surface area contributed by atoms with Gasteiger partial charge in [-0.3, -0.25) is 5.01 Å². The van der Waals surface area contributed by atoms with Crippen molar-refractivity contribution in [1.29, 1.82) is 0 Å². The van der Waals surface area contributed by atoms with E-state index < -0.39 is 12.1 Å². The van der Waals surface area contributed by atoms with Crippen LogP contribution in [0.2, 0.25) is 0 Å². The minimum atomic E-state index is -0.732. The summed E-state index contributed by atoms with van der Waals surface area (Å²) in [6.45, 7) is 5.25. The molecule has 1 aliphatic heterocycles. The molecule has 1 aliphatic carbocycles. The van der Waals surface area contributed by atoms with Crippen molar-refractivity contribution in [2.45, 2.75) is 50.9 Å². The van der Waals surface area contributed by atoms with Gasteiger partial charge in [0, 0.05) is 24.0 Å². The minimum Gasteiger partial charge on any atom is -0.493 e. The minimum absolute atomic E-state index is 0.166. The molecule has 1 aromatic heterocycles. The molecule has 0 saturated heterocycles. The van der Waals surface area contributed by atoms with Crippen LogP contribution in [0.1, 0.15) is 50.2 Å². The van der Waals surface area contributed by atoms with Gasteiger partial charge in [-0.15, -0.1) is 0 Å². The lowest BCUT2D eigenvalue weighted by molar-refractivity contribution is 0.0588. The van der Waals surface area contributed by atoms with Crippen LogP contribution < -0.4 is 4.74 Å². The van der Waals surface area contributed by atoms with Crippen LogP contribution in [0.25, 0.3) is 11.1 Å². The average Bonchev–Trinajstić information content (AvgIpc) is 3.54. The highest BCUT2D eigenvalue weighted by atomic mass is 16.5. The predicted molar refractivity (Wildman–Crippen MR) is 141 cm³/mol. The zero-order valence-electron chi connectivity index (χ0n) is 21.2. The van der Waals surface area contributed by atoms with Crippen LogP contribution in [0, 0.1) is 17.8 Å². The first-order valence-electron chi connectivity index (χ1n) is 12.8. The Morgan fingerprint density at radius 2 is 1.78 bits per heavy atom. The van der Waals surface area contributed by atoms with E-state index in [4.69, 9.17) is 4.74 Å². The first-order valence-corrected chi connectivity index (χ1v) is 12.8. The summed E-state index contributed by atoms with van der Waals surface area (Å²) in [5.41, 5.74) is 3.06. The molecule has 0 spiro atoms. The van der Waals surface area contributed by atoms with Crippen molar-refractivity contribution in [2.75, 3.05) is 19.8 Å². The lowest BCUT2D eigenvalue weighted by Gasteiger charge is -2.39. The van der Waals surface area contributed by atoms with Crippen LogP contribution in [0.4, 0.5) is 0 Å². The van der Waals surface area contributed by atoms with Gasteiger partial charge in [0.2, 0.25) is 0 Å². The molecule has 5 rings (SSSR count). The molecule has 0 bridgehead atoms. The molecule has 0 radical (unpaired) electrons. The van der Waals surface area contributed by atoms with Gasteiger partial charge in [0.15, 0.2) is 0 Å². The summed E-state index contributed by atoms with van der Waals surface area (Å²) in [6, 6.07) is 16.6. The highest BCUT2D eigenvalue weighted by Crippen LogP contribution is 2.34. The van der Waals surface area contributed by atoms with E-state index in [0.717, 1.165) is 48.4 Å². The maximum atomic E-state index is 9.87. The standard InChI is InChI=1S/C29H33N5O3/c1-20-17-34(32-31-20)27-15-23(16-27)19-37-28-11-8-25(9-12-28)24-6-3-22(4-7-24)5-10-26(18-35)33-14-13-30-29(33)21(2)36/h3-4,6-9,11-14,20-21,23,26-27,35-36H,15-19H2,1-2H3/t20?,21-,23?,26-,27?/m0/s1. The summed E-state index contributed by atoms with van der Waals surface area (Å²) in [7, 11) is 0. The summed E-state index contributed by atoms with van der Waals surface area (Å²) in [5, 5.41) is 30.3. The molecule has 37 heavy (non-hydrogen) atoms. The molecular formula is C29H33N5O3. The van der Waals surface area contributed by atoms with Gasteiger partial charge in [0.1, 0.15) is 23.7 Å². The average molecular weight is 500 g/mol. The molecule has 1 fully saturated rings. The third kappa shape index (κ3) is 5.85. The summed E-state index contributed by atoms with van der Waals surface area (Å²) in [5.74, 6) is 8.15. The molecule has 2 heterocycles. The van der Waals surface area contributed by atoms with E-state index in [-0.39, 0.29) is 6.61 Å². The SMILES string of the molecule is CC1CN(C2CC(COc3ccc(-c4ccc(C#C[C@@H](CO)n5ccnc5[C@H](C)O)cc4)cc3)C2)N=N1. The van der Waals surface area contributed by atoms with E-state index >= 15 is 0 Å². The lowest BCUT2D eigenvalue weighted by atomic mass is 9.80. The fourth-order valence-corrected chi connectivity index (χ4v) is 4.79. The van der Waals surface area contributed by atoms with Gasteiger partial charge in [0.05, 0.1) is 25.8 Å². The first-order chi connectivity index (χ1) is 18.0. The number of benzene rings is 2. The van der Waals surface area contributed by atoms with Crippen molar-refractivity contribution in [3.05, 3.63) is 72.3 Å². The number of hydrogen-bond donors (Lipinski definition) is 2. The molecule has 1 unspecified atom stereocenters. The monoisotopic (exact) mass is 499 g/mol. The van der Waals surface area contributed by atoms with Gasteiger partial charge in [-0.25, -0.2) is 4.98 Å². The molecular weight excluding hydrogens is 466 g/mol. The summed E-state index contributed by atoms with van der Waals surface area (Å²) >= 11 is 0. The fourth-order valence-electron chi connectivity index (χ4n) is 4.79. The number of nitrogens with zero attached hydrogens (tertiary/aromatic N) is 5. The largest absolute Gasteiger partial charge is 0.493 e. The smallest absolute Gasteiger partial charge is 0.138 e. The van der Waals surface area contributed by atoms with Crippen LogP contribution in [0.3, 0.4) is 0 Å². The van der Waals surface area contributed by atoms with Crippen molar-refractivity contribution in [2.24, 2.45) is 16.3 Å². The van der Waals surface area contributed by atoms with Gasteiger partial charge in [0.25, 0.3) is 0 Å². The Balaban J connectivity index is 1.13. The molecule has 2 N–H and O–H groups in total. The van der Waals surface area contributed by atoms with Gasteiger partial charge in [-0.2, -0.15) is 5.11 Å². The Kier molecular flexibility index (Phi) is 7.54. The van der Waals surface area contributed by atoms with Crippen LogP contribution in [0.15, 0.2) is 71.3 Å². The number of hydrogen-bond acceptors (Lipinski definition) is 7. The molecule has 8 heteroatoms. The molecule has 1 saturated carbocycles. The predicted octanol–water partition coefficient (Wildman–Crippen LogP) is 4.42. The van der Waals surface area contributed by atoms with Crippen molar-refractivity contribution in [3.8, 4) is 28.7 Å². The zero-order valence-corrected chi connectivity index (χ0v) is 21.2. The van der Waals surface area contributed by atoms with E-state index in [0.29, 0.717) is 23.8 Å².